The number of hydrogen-bond acceptors (Lipinski definition) is 3. The zero-order valence-electron chi connectivity index (χ0n) is 11.2. The average molecular weight is 335 g/mol. The Morgan fingerprint density at radius 2 is 2.10 bits per heavy atom. The summed E-state index contributed by atoms with van der Waals surface area (Å²) >= 11 is 3.43. The lowest BCUT2D eigenvalue weighted by Crippen LogP contribution is -2.09. The highest BCUT2D eigenvalue weighted by Crippen LogP contribution is 2.28. The van der Waals surface area contributed by atoms with E-state index in [-0.39, 0.29) is 5.97 Å². The Hall–Kier alpha value is -1.62. The summed E-state index contributed by atoms with van der Waals surface area (Å²) in [6, 6.07) is 7.93. The maximum Gasteiger partial charge on any atom is 0.359 e. The molecule has 5 heteroatoms. The molecule has 2 aromatic rings. The van der Waals surface area contributed by atoms with Crippen LogP contribution in [0, 0.1) is 0 Å². The van der Waals surface area contributed by atoms with Crippen LogP contribution in [0.2, 0.25) is 0 Å². The van der Waals surface area contributed by atoms with Gasteiger partial charge in [0.15, 0.2) is 5.69 Å². The molecule has 0 amide bonds. The predicted molar refractivity (Wildman–Crippen MR) is 79.2 cm³/mol. The maximum atomic E-state index is 12.0. The van der Waals surface area contributed by atoms with Gasteiger partial charge in [-0.1, -0.05) is 15.9 Å². The molecular formula is C15H15BrN2O2. The Bertz CT molecular complexity index is 647. The number of nitrogens with zero attached hydrogens (tertiary/aromatic N) is 2. The zero-order valence-corrected chi connectivity index (χ0v) is 12.8. The van der Waals surface area contributed by atoms with E-state index in [1.807, 2.05) is 35.9 Å². The van der Waals surface area contributed by atoms with E-state index in [1.54, 1.807) is 0 Å². The molecule has 0 saturated heterocycles. The Labute approximate surface area is 125 Å². The molecule has 0 unspecified atom stereocenters. The van der Waals surface area contributed by atoms with Gasteiger partial charge in [-0.15, -0.1) is 0 Å². The molecular weight excluding hydrogens is 320 g/mol. The van der Waals surface area contributed by atoms with Crippen molar-refractivity contribution in [3.8, 4) is 5.69 Å². The minimum atomic E-state index is -0.318. The molecule has 0 saturated carbocycles. The maximum absolute atomic E-state index is 12.0. The average Bonchev–Trinajstić information content (AvgIpc) is 3.01. The van der Waals surface area contributed by atoms with Gasteiger partial charge in [-0.05, 0) is 50.5 Å². The lowest BCUT2D eigenvalue weighted by atomic mass is 10.2. The van der Waals surface area contributed by atoms with Crippen molar-refractivity contribution >= 4 is 21.9 Å². The Morgan fingerprint density at radius 3 is 2.80 bits per heavy atom. The molecule has 20 heavy (non-hydrogen) atoms. The summed E-state index contributed by atoms with van der Waals surface area (Å²) in [5.74, 6) is -0.318. The molecule has 1 heterocycles. The highest BCUT2D eigenvalue weighted by molar-refractivity contribution is 9.10. The summed E-state index contributed by atoms with van der Waals surface area (Å²) in [4.78, 5) is 12.0. The first-order valence-corrected chi connectivity index (χ1v) is 7.54. The zero-order chi connectivity index (χ0) is 14.1. The van der Waals surface area contributed by atoms with Gasteiger partial charge in [0.05, 0.1) is 12.3 Å². The van der Waals surface area contributed by atoms with Crippen molar-refractivity contribution in [2.24, 2.45) is 0 Å². The van der Waals surface area contributed by atoms with Gasteiger partial charge in [-0.3, -0.25) is 0 Å². The van der Waals surface area contributed by atoms with Gasteiger partial charge in [0.2, 0.25) is 0 Å². The van der Waals surface area contributed by atoms with Crippen LogP contribution in [0.15, 0.2) is 28.7 Å². The summed E-state index contributed by atoms with van der Waals surface area (Å²) in [6.07, 6.45) is 2.92. The molecule has 4 nitrogen and oxygen atoms in total. The van der Waals surface area contributed by atoms with E-state index in [2.05, 4.69) is 21.0 Å². The predicted octanol–water partition coefficient (Wildman–Crippen LogP) is 3.30. The van der Waals surface area contributed by atoms with E-state index >= 15 is 0 Å². The van der Waals surface area contributed by atoms with Gasteiger partial charge in [0.25, 0.3) is 0 Å². The van der Waals surface area contributed by atoms with Crippen LogP contribution in [0.1, 0.15) is 35.1 Å². The van der Waals surface area contributed by atoms with Crippen molar-refractivity contribution in [2.45, 2.75) is 26.2 Å². The van der Waals surface area contributed by atoms with Crippen LogP contribution in [-0.4, -0.2) is 22.4 Å². The van der Waals surface area contributed by atoms with E-state index in [1.165, 1.54) is 0 Å². The van der Waals surface area contributed by atoms with E-state index in [0.29, 0.717) is 12.3 Å². The lowest BCUT2D eigenvalue weighted by Gasteiger charge is -2.05. The third-order valence-corrected chi connectivity index (χ3v) is 4.00. The van der Waals surface area contributed by atoms with Crippen LogP contribution < -0.4 is 0 Å². The fraction of sp³-hybridized carbons (Fsp3) is 0.333. The molecule has 0 atom stereocenters. The van der Waals surface area contributed by atoms with E-state index in [0.717, 1.165) is 40.7 Å². The van der Waals surface area contributed by atoms with Crippen molar-refractivity contribution in [3.63, 3.8) is 0 Å². The monoisotopic (exact) mass is 334 g/mol. The summed E-state index contributed by atoms with van der Waals surface area (Å²) < 4.78 is 8.00. The highest BCUT2D eigenvalue weighted by atomic mass is 79.9. The normalized spacial score (nSPS) is 13.3. The summed E-state index contributed by atoms with van der Waals surface area (Å²) in [7, 11) is 0. The highest BCUT2D eigenvalue weighted by Gasteiger charge is 2.27. The van der Waals surface area contributed by atoms with E-state index in [4.69, 9.17) is 4.74 Å². The molecule has 0 radical (unpaired) electrons. The number of benzene rings is 1. The van der Waals surface area contributed by atoms with Crippen LogP contribution in [0.5, 0.6) is 0 Å². The van der Waals surface area contributed by atoms with Gasteiger partial charge in [0, 0.05) is 15.7 Å². The second-order valence-corrected chi connectivity index (χ2v) is 5.65. The van der Waals surface area contributed by atoms with Gasteiger partial charge >= 0.3 is 5.97 Å². The molecule has 0 spiro atoms. The standard InChI is InChI=1S/C15H15BrN2O2/c1-2-20-15(19)14-12-4-3-5-13(12)18(17-14)11-8-6-10(16)7-9-11/h6-9H,2-5H2,1H3. The van der Waals surface area contributed by atoms with Crippen LogP contribution >= 0.6 is 15.9 Å². The smallest absolute Gasteiger partial charge is 0.359 e. The van der Waals surface area contributed by atoms with Crippen molar-refractivity contribution in [2.75, 3.05) is 6.61 Å². The van der Waals surface area contributed by atoms with Gasteiger partial charge in [-0.25, -0.2) is 9.48 Å². The third kappa shape index (κ3) is 2.26. The van der Waals surface area contributed by atoms with Crippen molar-refractivity contribution in [1.82, 2.24) is 9.78 Å². The Balaban J connectivity index is 2.06. The van der Waals surface area contributed by atoms with Crippen molar-refractivity contribution in [3.05, 3.63) is 45.7 Å². The first-order chi connectivity index (χ1) is 9.70. The molecule has 0 bridgehead atoms. The fourth-order valence-electron chi connectivity index (χ4n) is 2.60. The molecule has 0 N–H and O–H groups in total. The van der Waals surface area contributed by atoms with Crippen molar-refractivity contribution < 1.29 is 9.53 Å². The largest absolute Gasteiger partial charge is 0.461 e. The molecule has 1 aliphatic carbocycles. The fourth-order valence-corrected chi connectivity index (χ4v) is 2.86. The number of esters is 1. The number of carbonyl (C=O) groups excluding carboxylic acids is 1. The van der Waals surface area contributed by atoms with Gasteiger partial charge < -0.3 is 4.74 Å². The summed E-state index contributed by atoms with van der Waals surface area (Å²) in [5, 5.41) is 4.48. The minimum Gasteiger partial charge on any atom is -0.461 e. The second-order valence-electron chi connectivity index (χ2n) is 4.74. The first kappa shape index (κ1) is 13.4. The summed E-state index contributed by atoms with van der Waals surface area (Å²) in [6.45, 7) is 2.18. The number of ether oxygens (including phenoxy) is 1. The molecule has 104 valence electrons. The number of hydrogen-bond donors (Lipinski definition) is 0. The minimum absolute atomic E-state index is 0.318. The SMILES string of the molecule is CCOC(=O)c1nn(-c2ccc(Br)cc2)c2c1CCC2. The first-order valence-electron chi connectivity index (χ1n) is 6.74. The molecule has 1 aromatic carbocycles. The number of aromatic nitrogens is 2. The number of halogens is 1. The van der Waals surface area contributed by atoms with Crippen molar-refractivity contribution in [1.29, 1.82) is 0 Å². The Kier molecular flexibility index (Phi) is 3.61. The lowest BCUT2D eigenvalue weighted by molar-refractivity contribution is 0.0517. The number of carbonyl (C=O) groups is 1. The third-order valence-electron chi connectivity index (χ3n) is 3.47. The second kappa shape index (κ2) is 5.40. The topological polar surface area (TPSA) is 44.1 Å². The summed E-state index contributed by atoms with van der Waals surface area (Å²) in [5.41, 5.74) is 3.63. The van der Waals surface area contributed by atoms with E-state index in [9.17, 15) is 4.79 Å². The molecule has 0 fully saturated rings. The van der Waals surface area contributed by atoms with Gasteiger partial charge in [0.1, 0.15) is 0 Å². The van der Waals surface area contributed by atoms with Crippen LogP contribution in [0.3, 0.4) is 0 Å². The molecule has 0 aliphatic heterocycles. The molecule has 3 rings (SSSR count). The molecule has 1 aromatic heterocycles. The molecule has 1 aliphatic rings. The van der Waals surface area contributed by atoms with Gasteiger partial charge in [-0.2, -0.15) is 5.10 Å². The van der Waals surface area contributed by atoms with Crippen LogP contribution in [-0.2, 0) is 17.6 Å². The quantitative estimate of drug-likeness (QED) is 0.809. The van der Waals surface area contributed by atoms with Crippen LogP contribution in [0.4, 0.5) is 0 Å². The number of fused-ring (bicyclic) bond motifs is 1. The Morgan fingerprint density at radius 1 is 1.35 bits per heavy atom. The van der Waals surface area contributed by atoms with Crippen LogP contribution in [0.25, 0.3) is 5.69 Å². The number of rotatable bonds is 3. The van der Waals surface area contributed by atoms with E-state index < -0.39 is 0 Å².